The molecule has 0 aliphatic rings. The summed E-state index contributed by atoms with van der Waals surface area (Å²) < 4.78 is 92.4. The summed E-state index contributed by atoms with van der Waals surface area (Å²) in [5.41, 5.74) is -3.37. The Morgan fingerprint density at radius 1 is 0.975 bits per heavy atom. The zero-order chi connectivity index (χ0) is 30.0. The van der Waals surface area contributed by atoms with Crippen molar-refractivity contribution in [3.63, 3.8) is 0 Å². The number of benzene rings is 1. The van der Waals surface area contributed by atoms with Crippen LogP contribution in [0.2, 0.25) is 0 Å². The Morgan fingerprint density at radius 3 is 2.05 bits per heavy atom. The molecule has 0 N–H and O–H groups in total. The first-order valence-electron chi connectivity index (χ1n) is 12.1. The van der Waals surface area contributed by atoms with Crippen molar-refractivity contribution in [2.75, 3.05) is 13.2 Å². The lowest BCUT2D eigenvalue weighted by Crippen LogP contribution is -2.36. The molecule has 40 heavy (non-hydrogen) atoms. The van der Waals surface area contributed by atoms with Crippen LogP contribution in [0.15, 0.2) is 41.0 Å². The maximum atomic E-state index is 13.5. The SMILES string of the molecule is CCOC(=O)c1c(C)c(C(=O)CN(Cc2ccco2)C(=O)c2cc(C(F)(F)F)cc(C(F)(F)F)c2)c(C)n1CC. The van der Waals surface area contributed by atoms with Crippen LogP contribution in [0.3, 0.4) is 0 Å². The summed E-state index contributed by atoms with van der Waals surface area (Å²) in [5.74, 6) is -2.47. The van der Waals surface area contributed by atoms with Crippen LogP contribution in [0.4, 0.5) is 26.3 Å². The van der Waals surface area contributed by atoms with E-state index in [-0.39, 0.29) is 35.3 Å². The number of hydrogen-bond donors (Lipinski definition) is 0. The van der Waals surface area contributed by atoms with Crippen LogP contribution >= 0.6 is 0 Å². The number of ether oxygens (including phenoxy) is 1. The smallest absolute Gasteiger partial charge is 0.416 e. The second-order valence-corrected chi connectivity index (χ2v) is 8.86. The maximum Gasteiger partial charge on any atom is 0.416 e. The molecule has 216 valence electrons. The topological polar surface area (TPSA) is 81.8 Å². The van der Waals surface area contributed by atoms with Crippen LogP contribution in [0.1, 0.15) is 73.2 Å². The molecular formula is C27H26F6N2O5. The van der Waals surface area contributed by atoms with Crippen molar-refractivity contribution in [1.29, 1.82) is 0 Å². The van der Waals surface area contributed by atoms with E-state index < -0.39 is 59.8 Å². The van der Waals surface area contributed by atoms with Crippen LogP contribution in [-0.4, -0.2) is 40.3 Å². The number of furan rings is 1. The van der Waals surface area contributed by atoms with Crippen molar-refractivity contribution in [2.24, 2.45) is 0 Å². The first-order chi connectivity index (χ1) is 18.6. The van der Waals surface area contributed by atoms with E-state index in [1.54, 1.807) is 25.3 Å². The largest absolute Gasteiger partial charge is 0.467 e. The number of nitrogens with zero attached hydrogens (tertiary/aromatic N) is 2. The lowest BCUT2D eigenvalue weighted by Gasteiger charge is -2.23. The zero-order valence-electron chi connectivity index (χ0n) is 22.0. The molecule has 0 atom stereocenters. The van der Waals surface area contributed by atoms with E-state index in [0.717, 1.165) is 4.90 Å². The number of carbonyl (C=O) groups excluding carboxylic acids is 3. The highest BCUT2D eigenvalue weighted by molar-refractivity contribution is 6.06. The highest BCUT2D eigenvalue weighted by Crippen LogP contribution is 2.36. The predicted octanol–water partition coefficient (Wildman–Crippen LogP) is 6.46. The average molecular weight is 573 g/mol. The quantitative estimate of drug-likeness (QED) is 0.167. The van der Waals surface area contributed by atoms with Crippen molar-refractivity contribution < 1.29 is 49.9 Å². The highest BCUT2D eigenvalue weighted by atomic mass is 19.4. The van der Waals surface area contributed by atoms with Gasteiger partial charge in [0, 0.05) is 23.4 Å². The summed E-state index contributed by atoms with van der Waals surface area (Å²) in [5, 5.41) is 0. The Morgan fingerprint density at radius 2 is 1.57 bits per heavy atom. The molecule has 0 bridgehead atoms. The number of esters is 1. The van der Waals surface area contributed by atoms with Gasteiger partial charge in [-0.3, -0.25) is 9.59 Å². The minimum Gasteiger partial charge on any atom is -0.467 e. The average Bonchev–Trinajstić information content (AvgIpc) is 3.46. The number of rotatable bonds is 9. The molecule has 13 heteroatoms. The van der Waals surface area contributed by atoms with Gasteiger partial charge in [0.05, 0.1) is 37.1 Å². The molecule has 0 saturated heterocycles. The van der Waals surface area contributed by atoms with Crippen molar-refractivity contribution >= 4 is 17.7 Å². The van der Waals surface area contributed by atoms with Crippen molar-refractivity contribution in [1.82, 2.24) is 9.47 Å². The van der Waals surface area contributed by atoms with Gasteiger partial charge in [-0.05, 0) is 63.6 Å². The third-order valence-corrected chi connectivity index (χ3v) is 6.21. The fourth-order valence-electron chi connectivity index (χ4n) is 4.47. The Hall–Kier alpha value is -4.03. The number of halogens is 6. The van der Waals surface area contributed by atoms with Gasteiger partial charge in [0.2, 0.25) is 0 Å². The number of Topliss-reactive ketones (excluding diaryl/α,β-unsaturated/α-hetero) is 1. The van der Waals surface area contributed by atoms with E-state index in [4.69, 9.17) is 9.15 Å². The Kier molecular flexibility index (Phi) is 8.85. The van der Waals surface area contributed by atoms with Gasteiger partial charge in [0.1, 0.15) is 11.5 Å². The number of aromatic nitrogens is 1. The predicted molar refractivity (Wildman–Crippen MR) is 130 cm³/mol. The van der Waals surface area contributed by atoms with E-state index in [0.29, 0.717) is 24.4 Å². The molecule has 7 nitrogen and oxygen atoms in total. The number of carbonyl (C=O) groups is 3. The van der Waals surface area contributed by atoms with E-state index in [9.17, 15) is 40.7 Å². The molecule has 2 aromatic heterocycles. The standard InChI is InChI=1S/C27H26F6N2O5/c1-5-35-16(4)22(15(3)23(35)25(38)39-6-2)21(36)14-34(13-20-8-7-9-40-20)24(37)17-10-18(26(28,29)30)12-19(11-17)27(31,32)33/h7-12H,5-6,13-14H2,1-4H3. The number of alkyl halides is 6. The summed E-state index contributed by atoms with van der Waals surface area (Å²) in [6, 6.07) is 3.42. The summed E-state index contributed by atoms with van der Waals surface area (Å²) >= 11 is 0. The van der Waals surface area contributed by atoms with Crippen molar-refractivity contribution in [3.05, 3.63) is 81.6 Å². The Labute approximate surface area is 225 Å². The molecule has 0 aliphatic heterocycles. The lowest BCUT2D eigenvalue weighted by atomic mass is 10.0. The van der Waals surface area contributed by atoms with E-state index in [1.165, 1.54) is 25.3 Å². The number of hydrogen-bond acceptors (Lipinski definition) is 5. The second kappa shape index (κ2) is 11.6. The van der Waals surface area contributed by atoms with Crippen LogP contribution in [0.25, 0.3) is 0 Å². The molecule has 0 fully saturated rings. The first-order valence-corrected chi connectivity index (χ1v) is 12.1. The van der Waals surface area contributed by atoms with Crippen LogP contribution in [-0.2, 0) is 30.2 Å². The van der Waals surface area contributed by atoms with Gasteiger partial charge >= 0.3 is 18.3 Å². The minimum atomic E-state index is -5.17. The van der Waals surface area contributed by atoms with E-state index in [1.807, 2.05) is 0 Å². The lowest BCUT2D eigenvalue weighted by molar-refractivity contribution is -0.143. The molecule has 0 radical (unpaired) electrons. The van der Waals surface area contributed by atoms with Crippen LogP contribution in [0.5, 0.6) is 0 Å². The second-order valence-electron chi connectivity index (χ2n) is 8.86. The highest BCUT2D eigenvalue weighted by Gasteiger charge is 2.38. The fraction of sp³-hybridized carbons (Fsp3) is 0.370. The van der Waals surface area contributed by atoms with Gasteiger partial charge in [-0.25, -0.2) is 4.79 Å². The van der Waals surface area contributed by atoms with Gasteiger partial charge in [-0.2, -0.15) is 26.3 Å². The van der Waals surface area contributed by atoms with Gasteiger partial charge < -0.3 is 18.6 Å². The molecule has 0 saturated carbocycles. The molecule has 0 aliphatic carbocycles. The molecule has 1 amide bonds. The monoisotopic (exact) mass is 572 g/mol. The summed E-state index contributed by atoms with van der Waals surface area (Å²) in [4.78, 5) is 40.3. The van der Waals surface area contributed by atoms with Crippen LogP contribution < -0.4 is 0 Å². The van der Waals surface area contributed by atoms with Crippen LogP contribution in [0, 0.1) is 13.8 Å². The fourth-order valence-corrected chi connectivity index (χ4v) is 4.47. The van der Waals surface area contributed by atoms with Gasteiger partial charge in [-0.15, -0.1) is 0 Å². The summed E-state index contributed by atoms with van der Waals surface area (Å²) in [6.45, 7) is 5.67. The Balaban J connectivity index is 2.08. The summed E-state index contributed by atoms with van der Waals surface area (Å²) in [6.07, 6.45) is -9.08. The molecule has 1 aromatic carbocycles. The summed E-state index contributed by atoms with van der Waals surface area (Å²) in [7, 11) is 0. The molecule has 0 unspecified atom stereocenters. The Bertz CT molecular complexity index is 1370. The molecule has 3 aromatic rings. The maximum absolute atomic E-state index is 13.5. The zero-order valence-corrected chi connectivity index (χ0v) is 22.0. The van der Waals surface area contributed by atoms with Crippen molar-refractivity contribution in [3.8, 4) is 0 Å². The molecular weight excluding hydrogens is 546 g/mol. The van der Waals surface area contributed by atoms with E-state index in [2.05, 4.69) is 0 Å². The molecule has 0 spiro atoms. The van der Waals surface area contributed by atoms with E-state index >= 15 is 0 Å². The van der Waals surface area contributed by atoms with Crippen molar-refractivity contribution in [2.45, 2.75) is 53.1 Å². The van der Waals surface area contributed by atoms with Gasteiger partial charge in [0.25, 0.3) is 5.91 Å². The first kappa shape index (κ1) is 30.5. The molecule has 2 heterocycles. The minimum absolute atomic E-state index is 0.0812. The normalized spacial score (nSPS) is 11.9. The van der Waals surface area contributed by atoms with Gasteiger partial charge in [-0.1, -0.05) is 0 Å². The van der Waals surface area contributed by atoms with Gasteiger partial charge in [0.15, 0.2) is 5.78 Å². The number of ketones is 1. The molecule has 3 rings (SSSR count). The third-order valence-electron chi connectivity index (χ3n) is 6.21. The third kappa shape index (κ3) is 6.40. The number of amides is 1.